The van der Waals surface area contributed by atoms with Crippen LogP contribution in [0.15, 0.2) is 83.3 Å². The molecule has 1 N–H and O–H groups in total. The van der Waals surface area contributed by atoms with E-state index in [2.05, 4.69) is 21.2 Å². The van der Waals surface area contributed by atoms with Crippen LogP contribution in [0.5, 0.6) is 0 Å². The molecule has 2 amide bonds. The van der Waals surface area contributed by atoms with Crippen molar-refractivity contribution in [2.75, 3.05) is 17.1 Å². The maximum atomic E-state index is 14.1. The molecule has 0 heterocycles. The van der Waals surface area contributed by atoms with Crippen LogP contribution < -0.4 is 9.62 Å². The highest BCUT2D eigenvalue weighted by Crippen LogP contribution is 2.22. The van der Waals surface area contributed by atoms with Gasteiger partial charge in [0.1, 0.15) is 12.6 Å². The Morgan fingerprint density at radius 1 is 0.923 bits per heavy atom. The zero-order valence-corrected chi connectivity index (χ0v) is 25.4. The van der Waals surface area contributed by atoms with Crippen LogP contribution in [-0.2, 0) is 32.6 Å². The maximum absolute atomic E-state index is 14.1. The van der Waals surface area contributed by atoms with Crippen LogP contribution in [0.4, 0.5) is 5.69 Å². The normalized spacial score (nSPS) is 12.5. The molecule has 0 aliphatic carbocycles. The number of carbonyl (C=O) groups is 2. The largest absolute Gasteiger partial charge is 0.350 e. The van der Waals surface area contributed by atoms with E-state index in [1.165, 1.54) is 4.90 Å². The molecule has 1 atom stereocenters. The number of sulfonamides is 1. The van der Waals surface area contributed by atoms with Crippen molar-refractivity contribution >= 4 is 43.5 Å². The standard InChI is InChI=1S/C30H36BrN3O4S/c1-22-11-9-16-26(17-22)34(39(5,37)38)21-28(35)33(20-24-14-10-15-25(31)18-24)27(29(36)32-30(2,3)4)19-23-12-7-6-8-13-23/h6-18,27H,19-21H2,1-5H3,(H,32,36)/t27-/m0/s1. The number of benzene rings is 3. The first-order valence-corrected chi connectivity index (χ1v) is 15.3. The molecule has 0 unspecified atom stereocenters. The monoisotopic (exact) mass is 613 g/mol. The molecule has 0 bridgehead atoms. The van der Waals surface area contributed by atoms with Gasteiger partial charge >= 0.3 is 0 Å². The van der Waals surface area contributed by atoms with Gasteiger partial charge in [0, 0.05) is 23.0 Å². The van der Waals surface area contributed by atoms with Crippen molar-refractivity contribution in [2.24, 2.45) is 0 Å². The molecule has 0 aliphatic rings. The summed E-state index contributed by atoms with van der Waals surface area (Å²) in [5.74, 6) is -0.789. The van der Waals surface area contributed by atoms with E-state index in [1.54, 1.807) is 18.2 Å². The van der Waals surface area contributed by atoms with E-state index in [9.17, 15) is 18.0 Å². The molecule has 7 nitrogen and oxygen atoms in total. The second-order valence-electron chi connectivity index (χ2n) is 10.7. The lowest BCUT2D eigenvalue weighted by molar-refractivity contribution is -0.140. The zero-order valence-electron chi connectivity index (χ0n) is 23.0. The van der Waals surface area contributed by atoms with Gasteiger partial charge in [-0.1, -0.05) is 70.5 Å². The Kier molecular flexibility index (Phi) is 9.96. The van der Waals surface area contributed by atoms with Crippen LogP contribution in [-0.4, -0.2) is 49.5 Å². The highest BCUT2D eigenvalue weighted by atomic mass is 79.9. The lowest BCUT2D eigenvalue weighted by Gasteiger charge is -2.35. The molecule has 0 spiro atoms. The molecule has 9 heteroatoms. The molecular weight excluding hydrogens is 578 g/mol. The van der Waals surface area contributed by atoms with E-state index in [-0.39, 0.29) is 18.9 Å². The molecule has 3 aromatic rings. The number of nitrogens with zero attached hydrogens (tertiary/aromatic N) is 2. The molecule has 0 saturated heterocycles. The quantitative estimate of drug-likeness (QED) is 0.345. The number of hydrogen-bond acceptors (Lipinski definition) is 4. The minimum absolute atomic E-state index is 0.124. The van der Waals surface area contributed by atoms with Crippen LogP contribution >= 0.6 is 15.9 Å². The number of rotatable bonds is 10. The minimum Gasteiger partial charge on any atom is -0.350 e. The summed E-state index contributed by atoms with van der Waals surface area (Å²) in [5, 5.41) is 3.02. The fourth-order valence-corrected chi connectivity index (χ4v) is 5.52. The molecule has 0 aliphatic heterocycles. The van der Waals surface area contributed by atoms with Gasteiger partial charge in [0.25, 0.3) is 0 Å². The molecule has 0 fully saturated rings. The van der Waals surface area contributed by atoms with E-state index in [1.807, 2.05) is 88.4 Å². The molecule has 39 heavy (non-hydrogen) atoms. The lowest BCUT2D eigenvalue weighted by atomic mass is 10.0. The fraction of sp³-hybridized carbons (Fsp3) is 0.333. The van der Waals surface area contributed by atoms with E-state index >= 15 is 0 Å². The van der Waals surface area contributed by atoms with Crippen LogP contribution in [0.1, 0.15) is 37.5 Å². The Balaban J connectivity index is 2.08. The summed E-state index contributed by atoms with van der Waals surface area (Å²) in [7, 11) is -3.80. The summed E-state index contributed by atoms with van der Waals surface area (Å²) in [4.78, 5) is 29.3. The van der Waals surface area contributed by atoms with Crippen molar-refractivity contribution in [3.05, 3.63) is 100 Å². The summed E-state index contributed by atoms with van der Waals surface area (Å²) >= 11 is 3.48. The Bertz CT molecular complexity index is 1400. The van der Waals surface area contributed by atoms with E-state index in [0.29, 0.717) is 5.69 Å². The minimum atomic E-state index is -3.80. The number of nitrogens with one attached hydrogen (secondary N) is 1. The highest BCUT2D eigenvalue weighted by Gasteiger charge is 2.34. The molecule has 208 valence electrons. The van der Waals surface area contributed by atoms with E-state index < -0.39 is 34.1 Å². The van der Waals surface area contributed by atoms with Crippen LogP contribution in [0, 0.1) is 6.92 Å². The number of hydrogen-bond donors (Lipinski definition) is 1. The zero-order chi connectivity index (χ0) is 28.8. The van der Waals surface area contributed by atoms with Crippen LogP contribution in [0.25, 0.3) is 0 Å². The molecule has 3 aromatic carbocycles. The average Bonchev–Trinajstić information content (AvgIpc) is 2.83. The smallest absolute Gasteiger partial charge is 0.244 e. The number of amides is 2. The van der Waals surface area contributed by atoms with Gasteiger partial charge in [-0.25, -0.2) is 8.42 Å². The SMILES string of the molecule is Cc1cccc(N(CC(=O)N(Cc2cccc(Br)c2)[C@@H](Cc2ccccc2)C(=O)NC(C)(C)C)S(C)(=O)=O)c1. The van der Waals surface area contributed by atoms with Gasteiger partial charge in [0.05, 0.1) is 11.9 Å². The maximum Gasteiger partial charge on any atom is 0.244 e. The molecular formula is C30H36BrN3O4S. The Hall–Kier alpha value is -3.17. The number of halogens is 1. The Labute approximate surface area is 240 Å². The third kappa shape index (κ3) is 9.21. The van der Waals surface area contributed by atoms with Crippen LogP contribution in [0.2, 0.25) is 0 Å². The predicted octanol–water partition coefficient (Wildman–Crippen LogP) is 5.08. The summed E-state index contributed by atoms with van der Waals surface area (Å²) in [5.41, 5.74) is 2.42. The van der Waals surface area contributed by atoms with Crippen molar-refractivity contribution in [2.45, 2.75) is 52.2 Å². The van der Waals surface area contributed by atoms with Crippen molar-refractivity contribution < 1.29 is 18.0 Å². The van der Waals surface area contributed by atoms with Gasteiger partial charge in [-0.15, -0.1) is 0 Å². The first-order chi connectivity index (χ1) is 18.2. The predicted molar refractivity (Wildman–Crippen MR) is 160 cm³/mol. The van der Waals surface area contributed by atoms with Gasteiger partial charge in [-0.2, -0.15) is 0 Å². The number of anilines is 1. The first kappa shape index (κ1) is 30.4. The van der Waals surface area contributed by atoms with Gasteiger partial charge in [0.2, 0.25) is 21.8 Å². The average molecular weight is 615 g/mol. The van der Waals surface area contributed by atoms with Crippen molar-refractivity contribution in [3.8, 4) is 0 Å². The molecule has 0 aromatic heterocycles. The lowest BCUT2D eigenvalue weighted by Crippen LogP contribution is -2.56. The summed E-state index contributed by atoms with van der Waals surface area (Å²) in [6.45, 7) is 7.19. The first-order valence-electron chi connectivity index (χ1n) is 12.7. The van der Waals surface area contributed by atoms with Gasteiger partial charge in [-0.3, -0.25) is 13.9 Å². The van der Waals surface area contributed by atoms with Gasteiger partial charge in [-0.05, 0) is 68.7 Å². The summed E-state index contributed by atoms with van der Waals surface area (Å²) in [6.07, 6.45) is 1.35. The second-order valence-corrected chi connectivity index (χ2v) is 13.5. The third-order valence-corrected chi connectivity index (χ3v) is 7.61. The summed E-state index contributed by atoms with van der Waals surface area (Å²) < 4.78 is 27.6. The van der Waals surface area contributed by atoms with Gasteiger partial charge < -0.3 is 10.2 Å². The fourth-order valence-electron chi connectivity index (χ4n) is 4.24. The third-order valence-electron chi connectivity index (χ3n) is 5.98. The van der Waals surface area contributed by atoms with Crippen LogP contribution in [0.3, 0.4) is 0 Å². The van der Waals surface area contributed by atoms with E-state index in [0.717, 1.165) is 31.7 Å². The topological polar surface area (TPSA) is 86.8 Å². The summed E-state index contributed by atoms with van der Waals surface area (Å²) in [6, 6.07) is 23.1. The number of carbonyl (C=O) groups excluding carboxylic acids is 2. The Morgan fingerprint density at radius 2 is 1.56 bits per heavy atom. The Morgan fingerprint density at radius 3 is 2.15 bits per heavy atom. The van der Waals surface area contributed by atoms with Crippen molar-refractivity contribution in [1.82, 2.24) is 10.2 Å². The highest BCUT2D eigenvalue weighted by molar-refractivity contribution is 9.10. The molecule has 0 radical (unpaired) electrons. The second kappa shape index (κ2) is 12.8. The molecule has 0 saturated carbocycles. The van der Waals surface area contributed by atoms with Gasteiger partial charge in [0.15, 0.2) is 0 Å². The van der Waals surface area contributed by atoms with E-state index in [4.69, 9.17) is 0 Å². The number of aryl methyl sites for hydroxylation is 1. The van der Waals surface area contributed by atoms with Crippen molar-refractivity contribution in [3.63, 3.8) is 0 Å². The molecule has 3 rings (SSSR count). The van der Waals surface area contributed by atoms with Crippen molar-refractivity contribution in [1.29, 1.82) is 0 Å².